The van der Waals surface area contributed by atoms with Gasteiger partial charge in [-0.25, -0.2) is 4.68 Å². The van der Waals surface area contributed by atoms with Crippen LogP contribution in [0.5, 0.6) is 0 Å². The van der Waals surface area contributed by atoms with Crippen LogP contribution in [0, 0.1) is 5.92 Å². The summed E-state index contributed by atoms with van der Waals surface area (Å²) in [6.07, 6.45) is 1.17. The van der Waals surface area contributed by atoms with Crippen molar-refractivity contribution in [1.82, 2.24) is 14.7 Å². The van der Waals surface area contributed by atoms with Crippen LogP contribution in [0.1, 0.15) is 12.8 Å². The van der Waals surface area contributed by atoms with Crippen molar-refractivity contribution < 1.29 is 9.90 Å². The van der Waals surface area contributed by atoms with E-state index in [2.05, 4.69) is 5.10 Å². The highest BCUT2D eigenvalue weighted by Crippen LogP contribution is 2.27. The van der Waals surface area contributed by atoms with E-state index in [4.69, 9.17) is 0 Å². The first-order valence-electron chi connectivity index (χ1n) is 6.18. The van der Waals surface area contributed by atoms with Crippen LogP contribution in [0.4, 0.5) is 0 Å². The Hall–Kier alpha value is -1.89. The van der Waals surface area contributed by atoms with Gasteiger partial charge in [-0.2, -0.15) is 0 Å². The van der Waals surface area contributed by atoms with E-state index in [1.165, 1.54) is 4.90 Å². The zero-order chi connectivity index (χ0) is 14.0. The van der Waals surface area contributed by atoms with Crippen LogP contribution >= 0.6 is 0 Å². The Bertz CT molecular complexity index is 571. The summed E-state index contributed by atoms with van der Waals surface area (Å²) in [4.78, 5) is 36.0. The number of nitrogens with one attached hydrogen (secondary N) is 1. The summed E-state index contributed by atoms with van der Waals surface area (Å²) in [5, 5.41) is 11.5. The number of amides is 1. The molecule has 1 heterocycles. The highest BCUT2D eigenvalue weighted by atomic mass is 16.3. The van der Waals surface area contributed by atoms with Gasteiger partial charge in [-0.15, -0.1) is 0 Å². The second-order valence-electron chi connectivity index (χ2n) is 5.00. The second kappa shape index (κ2) is 5.40. The molecular weight excluding hydrogens is 250 g/mol. The van der Waals surface area contributed by atoms with Gasteiger partial charge in [0.2, 0.25) is 5.91 Å². The Morgan fingerprint density at radius 1 is 1.47 bits per heavy atom. The van der Waals surface area contributed by atoms with Crippen LogP contribution in [0.25, 0.3) is 0 Å². The molecule has 2 rings (SSSR count). The normalized spacial score (nSPS) is 21.8. The average molecular weight is 267 g/mol. The van der Waals surface area contributed by atoms with E-state index in [9.17, 15) is 19.5 Å². The van der Waals surface area contributed by atoms with Gasteiger partial charge in [0.1, 0.15) is 6.54 Å². The predicted octanol–water partition coefficient (Wildman–Crippen LogP) is -1.23. The Labute approximate surface area is 109 Å². The lowest BCUT2D eigenvalue weighted by Crippen LogP contribution is -2.42. The minimum Gasteiger partial charge on any atom is -0.393 e. The monoisotopic (exact) mass is 267 g/mol. The molecular formula is C12H17N3O4. The maximum absolute atomic E-state index is 11.9. The summed E-state index contributed by atoms with van der Waals surface area (Å²) >= 11 is 0. The second-order valence-corrected chi connectivity index (χ2v) is 5.00. The highest BCUT2D eigenvalue weighted by molar-refractivity contribution is 5.75. The number of nitrogens with zero attached hydrogens (tertiary/aromatic N) is 2. The van der Waals surface area contributed by atoms with E-state index in [0.29, 0.717) is 25.3 Å². The Balaban J connectivity index is 1.94. The molecule has 0 aromatic carbocycles. The minimum absolute atomic E-state index is 0.180. The van der Waals surface area contributed by atoms with Crippen LogP contribution in [0.3, 0.4) is 0 Å². The van der Waals surface area contributed by atoms with E-state index in [-0.39, 0.29) is 18.6 Å². The Morgan fingerprint density at radius 3 is 2.79 bits per heavy atom. The van der Waals surface area contributed by atoms with Gasteiger partial charge < -0.3 is 10.0 Å². The number of hydrogen-bond donors (Lipinski definition) is 2. The van der Waals surface area contributed by atoms with Crippen molar-refractivity contribution in [3.05, 3.63) is 32.8 Å². The van der Waals surface area contributed by atoms with Crippen LogP contribution in [-0.2, 0) is 11.3 Å². The van der Waals surface area contributed by atoms with E-state index in [1.54, 1.807) is 7.05 Å². The molecule has 104 valence electrons. The smallest absolute Gasteiger partial charge is 0.265 e. The molecule has 1 fully saturated rings. The zero-order valence-corrected chi connectivity index (χ0v) is 10.7. The highest BCUT2D eigenvalue weighted by Gasteiger charge is 2.29. The largest absolute Gasteiger partial charge is 0.393 e. The van der Waals surface area contributed by atoms with E-state index in [0.717, 1.165) is 16.8 Å². The number of likely N-dealkylation sites (N-methyl/N-ethyl adjacent to an activating group) is 1. The van der Waals surface area contributed by atoms with Crippen LogP contribution in [0.2, 0.25) is 0 Å². The van der Waals surface area contributed by atoms with E-state index >= 15 is 0 Å². The van der Waals surface area contributed by atoms with Crippen molar-refractivity contribution in [1.29, 1.82) is 0 Å². The predicted molar refractivity (Wildman–Crippen MR) is 67.7 cm³/mol. The van der Waals surface area contributed by atoms with Gasteiger partial charge in [0, 0.05) is 25.7 Å². The lowest BCUT2D eigenvalue weighted by Gasteiger charge is -2.34. The van der Waals surface area contributed by atoms with Crippen molar-refractivity contribution in [2.75, 3.05) is 13.6 Å². The lowest BCUT2D eigenvalue weighted by molar-refractivity contribution is -0.132. The number of aliphatic hydroxyl groups excluding tert-OH is 1. The third-order valence-corrected chi connectivity index (χ3v) is 3.35. The molecule has 0 bridgehead atoms. The van der Waals surface area contributed by atoms with Gasteiger partial charge in [-0.1, -0.05) is 0 Å². The number of aliphatic hydroxyl groups is 1. The summed E-state index contributed by atoms with van der Waals surface area (Å²) in [6.45, 7) is 0.377. The van der Waals surface area contributed by atoms with Crippen molar-refractivity contribution in [2.45, 2.75) is 25.5 Å². The fraction of sp³-hybridized carbons (Fsp3) is 0.583. The maximum atomic E-state index is 11.9. The average Bonchev–Trinajstić information content (AvgIpc) is 2.31. The molecule has 0 radical (unpaired) electrons. The first-order valence-corrected chi connectivity index (χ1v) is 6.18. The summed E-state index contributed by atoms with van der Waals surface area (Å²) in [7, 11) is 1.65. The maximum Gasteiger partial charge on any atom is 0.265 e. The Kier molecular flexibility index (Phi) is 3.84. The topological polar surface area (TPSA) is 95.4 Å². The van der Waals surface area contributed by atoms with Crippen molar-refractivity contribution >= 4 is 5.91 Å². The van der Waals surface area contributed by atoms with Crippen LogP contribution in [-0.4, -0.2) is 45.4 Å². The third kappa shape index (κ3) is 3.31. The van der Waals surface area contributed by atoms with Gasteiger partial charge in [0.15, 0.2) is 0 Å². The Morgan fingerprint density at radius 2 is 2.16 bits per heavy atom. The number of hydrogen-bond acceptors (Lipinski definition) is 4. The first kappa shape index (κ1) is 13.5. The molecule has 1 amide bonds. The molecule has 7 nitrogen and oxygen atoms in total. The minimum atomic E-state index is -0.419. The van der Waals surface area contributed by atoms with Gasteiger partial charge in [-0.05, 0) is 18.8 Å². The summed E-state index contributed by atoms with van der Waals surface area (Å²) < 4.78 is 0.997. The molecule has 2 N–H and O–H groups in total. The van der Waals surface area contributed by atoms with Gasteiger partial charge in [0.05, 0.1) is 6.10 Å². The van der Waals surface area contributed by atoms with E-state index < -0.39 is 11.1 Å². The number of aromatic amines is 1. The SMILES string of the molecule is CN(CC1CC(O)C1)C(=O)Cn1[nH]c(=O)ccc1=O. The van der Waals surface area contributed by atoms with Gasteiger partial charge in [0.25, 0.3) is 11.1 Å². The quantitative estimate of drug-likeness (QED) is 0.713. The zero-order valence-electron chi connectivity index (χ0n) is 10.7. The van der Waals surface area contributed by atoms with Crippen molar-refractivity contribution in [2.24, 2.45) is 5.92 Å². The molecule has 0 atom stereocenters. The molecule has 1 aliphatic rings. The van der Waals surface area contributed by atoms with Crippen molar-refractivity contribution in [3.8, 4) is 0 Å². The number of carbonyl (C=O) groups excluding carboxylic acids is 1. The fourth-order valence-electron chi connectivity index (χ4n) is 2.17. The summed E-state index contributed by atoms with van der Waals surface area (Å²) in [6, 6.07) is 2.26. The van der Waals surface area contributed by atoms with Gasteiger partial charge in [-0.3, -0.25) is 19.5 Å². The molecule has 1 aromatic heterocycles. The fourth-order valence-corrected chi connectivity index (χ4v) is 2.17. The summed E-state index contributed by atoms with van der Waals surface area (Å²) in [5.74, 6) is 0.0702. The first-order chi connectivity index (χ1) is 8.95. The number of carbonyl (C=O) groups is 1. The molecule has 0 aliphatic heterocycles. The molecule has 0 saturated heterocycles. The molecule has 0 unspecified atom stereocenters. The van der Waals surface area contributed by atoms with Crippen LogP contribution in [0.15, 0.2) is 21.7 Å². The number of H-pyrrole nitrogens is 1. The van der Waals surface area contributed by atoms with Gasteiger partial charge >= 0.3 is 0 Å². The lowest BCUT2D eigenvalue weighted by atomic mass is 9.82. The summed E-state index contributed by atoms with van der Waals surface area (Å²) in [5.41, 5.74) is -0.836. The molecule has 1 saturated carbocycles. The number of rotatable bonds is 4. The van der Waals surface area contributed by atoms with E-state index in [1.807, 2.05) is 0 Å². The molecule has 7 heteroatoms. The molecule has 0 spiro atoms. The molecule has 1 aliphatic carbocycles. The van der Waals surface area contributed by atoms with Crippen molar-refractivity contribution in [3.63, 3.8) is 0 Å². The molecule has 19 heavy (non-hydrogen) atoms. The number of aromatic nitrogens is 2. The van der Waals surface area contributed by atoms with Crippen LogP contribution < -0.4 is 11.1 Å². The molecule has 1 aromatic rings. The third-order valence-electron chi connectivity index (χ3n) is 3.35. The standard InChI is InChI=1S/C12H17N3O4/c1-14(6-8-4-9(16)5-8)12(19)7-15-11(18)3-2-10(17)13-15/h2-3,8-9,16H,4-7H2,1H3,(H,13,17).